The molecule has 0 aliphatic carbocycles. The first-order valence-corrected chi connectivity index (χ1v) is 5.41. The van der Waals surface area contributed by atoms with Crippen LogP contribution in [-0.4, -0.2) is 15.5 Å². The molecule has 0 spiro atoms. The zero-order chi connectivity index (χ0) is 12.6. The molecular formula is C11H7Cl2NO3. The van der Waals surface area contributed by atoms with Crippen molar-refractivity contribution in [2.24, 2.45) is 0 Å². The molecule has 0 bridgehead atoms. The number of halogens is 2. The number of rotatable bonds is 2. The summed E-state index contributed by atoms with van der Waals surface area (Å²) < 4.78 is 4.90. The lowest BCUT2D eigenvalue weighted by Gasteiger charge is -2.02. The van der Waals surface area contributed by atoms with E-state index in [9.17, 15) is 9.90 Å². The van der Waals surface area contributed by atoms with Gasteiger partial charge >= 0.3 is 0 Å². The second kappa shape index (κ2) is 4.39. The van der Waals surface area contributed by atoms with Gasteiger partial charge in [0.2, 0.25) is 0 Å². The number of aryl methyl sites for hydroxylation is 1. The second-order valence-corrected chi connectivity index (χ2v) is 4.18. The number of nitrogens with zero attached hydrogens (tertiary/aromatic N) is 1. The first-order chi connectivity index (χ1) is 8.00. The summed E-state index contributed by atoms with van der Waals surface area (Å²) in [5, 5.41) is 13.1. The number of phenolic OH excluding ortho intramolecular Hbond substituents is 1. The highest BCUT2D eigenvalue weighted by atomic mass is 35.5. The zero-order valence-electron chi connectivity index (χ0n) is 8.70. The van der Waals surface area contributed by atoms with E-state index in [1.807, 2.05) is 0 Å². The Balaban J connectivity index is 2.68. The average molecular weight is 272 g/mol. The summed E-state index contributed by atoms with van der Waals surface area (Å²) in [4.78, 5) is 11.3. The molecule has 1 aromatic heterocycles. The van der Waals surface area contributed by atoms with Crippen molar-refractivity contribution >= 4 is 28.4 Å². The second-order valence-electron chi connectivity index (χ2n) is 3.40. The molecule has 1 N–H and O–H groups in total. The van der Waals surface area contributed by atoms with Crippen molar-refractivity contribution in [2.45, 2.75) is 6.92 Å². The number of hydrogen-bond donors (Lipinski definition) is 1. The van der Waals surface area contributed by atoms with Crippen molar-refractivity contribution in [2.75, 3.05) is 0 Å². The lowest BCUT2D eigenvalue weighted by atomic mass is 10.1. The topological polar surface area (TPSA) is 63.3 Å². The van der Waals surface area contributed by atoms with E-state index in [2.05, 4.69) is 5.16 Å². The van der Waals surface area contributed by atoms with Crippen LogP contribution in [-0.2, 0) is 0 Å². The highest BCUT2D eigenvalue weighted by molar-refractivity contribution is 6.68. The average Bonchev–Trinajstić information content (AvgIpc) is 2.64. The fourth-order valence-corrected chi connectivity index (χ4v) is 1.88. The molecule has 0 amide bonds. The Kier molecular flexibility index (Phi) is 3.09. The van der Waals surface area contributed by atoms with Crippen LogP contribution < -0.4 is 0 Å². The van der Waals surface area contributed by atoms with Crippen molar-refractivity contribution in [1.29, 1.82) is 0 Å². The normalized spacial score (nSPS) is 10.5. The molecule has 6 heteroatoms. The Hall–Kier alpha value is -1.52. The molecule has 1 aromatic carbocycles. The van der Waals surface area contributed by atoms with Crippen LogP contribution in [0.4, 0.5) is 0 Å². The molecule has 0 saturated heterocycles. The van der Waals surface area contributed by atoms with Gasteiger partial charge in [-0.25, -0.2) is 0 Å². The third kappa shape index (κ3) is 2.14. The summed E-state index contributed by atoms with van der Waals surface area (Å²) >= 11 is 11.3. The summed E-state index contributed by atoms with van der Waals surface area (Å²) in [5.41, 5.74) is 0.616. The number of aromatic hydroxyl groups is 1. The molecule has 88 valence electrons. The zero-order valence-corrected chi connectivity index (χ0v) is 10.2. The van der Waals surface area contributed by atoms with E-state index in [-0.39, 0.29) is 17.0 Å². The number of benzene rings is 1. The molecule has 0 aliphatic heterocycles. The van der Waals surface area contributed by atoms with E-state index in [0.29, 0.717) is 16.3 Å². The summed E-state index contributed by atoms with van der Waals surface area (Å²) in [6, 6.07) is 4.41. The Morgan fingerprint density at radius 1 is 1.47 bits per heavy atom. The molecule has 0 unspecified atom stereocenters. The molecule has 2 aromatic rings. The predicted molar refractivity (Wildman–Crippen MR) is 63.5 cm³/mol. The monoisotopic (exact) mass is 271 g/mol. The fraction of sp³-hybridized carbons (Fsp3) is 0.0909. The van der Waals surface area contributed by atoms with Gasteiger partial charge in [0, 0.05) is 10.6 Å². The van der Waals surface area contributed by atoms with Crippen LogP contribution in [0.1, 0.15) is 16.1 Å². The molecule has 0 aliphatic rings. The third-order valence-electron chi connectivity index (χ3n) is 2.27. The maximum Gasteiger partial charge on any atom is 0.258 e. The van der Waals surface area contributed by atoms with Crippen LogP contribution in [0.2, 0.25) is 5.02 Å². The number of carbonyl (C=O) groups excluding carboxylic acids is 1. The maximum absolute atomic E-state index is 11.3. The van der Waals surface area contributed by atoms with Gasteiger partial charge in [-0.1, -0.05) is 16.8 Å². The van der Waals surface area contributed by atoms with Crippen LogP contribution in [0.25, 0.3) is 11.3 Å². The highest BCUT2D eigenvalue weighted by Crippen LogP contribution is 2.34. The fourth-order valence-electron chi connectivity index (χ4n) is 1.49. The molecule has 0 radical (unpaired) electrons. The Morgan fingerprint density at radius 2 is 2.18 bits per heavy atom. The van der Waals surface area contributed by atoms with Gasteiger partial charge in [0.1, 0.15) is 22.8 Å². The van der Waals surface area contributed by atoms with Crippen LogP contribution in [0, 0.1) is 6.92 Å². The van der Waals surface area contributed by atoms with Gasteiger partial charge in [-0.05, 0) is 36.7 Å². The van der Waals surface area contributed by atoms with Crippen molar-refractivity contribution < 1.29 is 14.4 Å². The summed E-state index contributed by atoms with van der Waals surface area (Å²) in [6.45, 7) is 1.56. The molecular weight excluding hydrogens is 265 g/mol. The van der Waals surface area contributed by atoms with Crippen LogP contribution in [0.15, 0.2) is 22.7 Å². The first-order valence-electron chi connectivity index (χ1n) is 4.65. The van der Waals surface area contributed by atoms with Gasteiger partial charge < -0.3 is 9.63 Å². The van der Waals surface area contributed by atoms with Crippen molar-refractivity contribution in [3.8, 4) is 17.0 Å². The smallest absolute Gasteiger partial charge is 0.258 e. The van der Waals surface area contributed by atoms with Gasteiger partial charge in [0.25, 0.3) is 5.24 Å². The quantitative estimate of drug-likeness (QED) is 0.851. The highest BCUT2D eigenvalue weighted by Gasteiger charge is 2.22. The van der Waals surface area contributed by atoms with Crippen molar-refractivity contribution in [3.05, 3.63) is 34.5 Å². The minimum Gasteiger partial charge on any atom is -0.507 e. The van der Waals surface area contributed by atoms with Gasteiger partial charge in [-0.2, -0.15) is 0 Å². The van der Waals surface area contributed by atoms with Gasteiger partial charge in [-0.3, -0.25) is 4.79 Å². The molecule has 1 heterocycles. The van der Waals surface area contributed by atoms with Gasteiger partial charge in [-0.15, -0.1) is 0 Å². The molecule has 0 fully saturated rings. The minimum absolute atomic E-state index is 0.0538. The lowest BCUT2D eigenvalue weighted by Crippen LogP contribution is -1.93. The molecule has 4 nitrogen and oxygen atoms in total. The number of hydrogen-bond acceptors (Lipinski definition) is 4. The van der Waals surface area contributed by atoms with Crippen molar-refractivity contribution in [1.82, 2.24) is 5.16 Å². The summed E-state index contributed by atoms with van der Waals surface area (Å²) in [7, 11) is 0. The Labute approximate surface area is 107 Å². The van der Waals surface area contributed by atoms with E-state index >= 15 is 0 Å². The van der Waals surface area contributed by atoms with E-state index in [1.54, 1.807) is 6.92 Å². The number of carbonyl (C=O) groups is 1. The predicted octanol–water partition coefficient (Wildman–Crippen LogP) is 3.39. The molecule has 17 heavy (non-hydrogen) atoms. The standard InChI is InChI=1S/C11H7Cl2NO3/c1-5-9(11(13)16)10(14-17-5)7-4-6(12)2-3-8(7)15/h2-4,15H,1H3. The first kappa shape index (κ1) is 12.0. The number of aromatic nitrogens is 1. The van der Waals surface area contributed by atoms with E-state index < -0.39 is 5.24 Å². The Bertz CT molecular complexity index is 592. The van der Waals surface area contributed by atoms with Crippen molar-refractivity contribution in [3.63, 3.8) is 0 Å². The maximum atomic E-state index is 11.3. The lowest BCUT2D eigenvalue weighted by molar-refractivity contribution is 0.108. The van der Waals surface area contributed by atoms with E-state index in [4.69, 9.17) is 27.7 Å². The molecule has 2 rings (SSSR count). The van der Waals surface area contributed by atoms with E-state index in [0.717, 1.165) is 0 Å². The largest absolute Gasteiger partial charge is 0.507 e. The molecule has 0 atom stereocenters. The van der Waals surface area contributed by atoms with E-state index in [1.165, 1.54) is 18.2 Å². The van der Waals surface area contributed by atoms with Crippen LogP contribution >= 0.6 is 23.2 Å². The van der Waals surface area contributed by atoms with Gasteiger partial charge in [0.05, 0.1) is 0 Å². The van der Waals surface area contributed by atoms with Crippen LogP contribution in [0.5, 0.6) is 5.75 Å². The summed E-state index contributed by atoms with van der Waals surface area (Å²) in [6.07, 6.45) is 0. The summed E-state index contributed by atoms with van der Waals surface area (Å²) in [5.74, 6) is 0.237. The van der Waals surface area contributed by atoms with Gasteiger partial charge in [0.15, 0.2) is 0 Å². The SMILES string of the molecule is Cc1onc(-c2cc(Cl)ccc2O)c1C(=O)Cl. The minimum atomic E-state index is -0.696. The number of phenols is 1. The van der Waals surface area contributed by atoms with Crippen LogP contribution in [0.3, 0.4) is 0 Å². The Morgan fingerprint density at radius 3 is 2.82 bits per heavy atom. The molecule has 0 saturated carbocycles. The third-order valence-corrected chi connectivity index (χ3v) is 2.70.